The van der Waals surface area contributed by atoms with Crippen LogP contribution in [0.15, 0.2) is 18.2 Å². The van der Waals surface area contributed by atoms with E-state index in [2.05, 4.69) is 19.2 Å². The summed E-state index contributed by atoms with van der Waals surface area (Å²) < 4.78 is 12.0. The van der Waals surface area contributed by atoms with Crippen molar-refractivity contribution in [1.29, 1.82) is 0 Å². The molecule has 1 N–H and O–H groups in total. The molecule has 0 aromatic heterocycles. The lowest BCUT2D eigenvalue weighted by atomic mass is 10.0. The van der Waals surface area contributed by atoms with E-state index in [1.165, 1.54) is 0 Å². The van der Waals surface area contributed by atoms with E-state index >= 15 is 0 Å². The number of ether oxygens (including phenoxy) is 2. The van der Waals surface area contributed by atoms with Crippen LogP contribution in [0.25, 0.3) is 0 Å². The summed E-state index contributed by atoms with van der Waals surface area (Å²) in [6.45, 7) is 8.82. The molecule has 1 fully saturated rings. The van der Waals surface area contributed by atoms with Crippen LogP contribution in [-0.4, -0.2) is 31.9 Å². The van der Waals surface area contributed by atoms with Crippen LogP contribution in [0.4, 0.5) is 0 Å². The Morgan fingerprint density at radius 1 is 1.40 bits per heavy atom. The molecule has 0 radical (unpaired) electrons. The predicted octanol–water partition coefficient (Wildman–Crippen LogP) is 3.43. The van der Waals surface area contributed by atoms with Crippen molar-refractivity contribution in [2.24, 2.45) is 5.92 Å². The quantitative estimate of drug-likeness (QED) is 0.872. The Kier molecular flexibility index (Phi) is 5.70. The zero-order chi connectivity index (χ0) is 14.5. The average molecular weight is 298 g/mol. The van der Waals surface area contributed by atoms with Crippen molar-refractivity contribution in [3.63, 3.8) is 0 Å². The Morgan fingerprint density at radius 2 is 2.20 bits per heavy atom. The molecule has 112 valence electrons. The Balaban J connectivity index is 2.05. The molecule has 1 aromatic carbocycles. The van der Waals surface area contributed by atoms with Gasteiger partial charge in [-0.2, -0.15) is 0 Å². The van der Waals surface area contributed by atoms with Gasteiger partial charge in [-0.1, -0.05) is 11.6 Å². The average Bonchev–Trinajstić information content (AvgIpc) is 2.90. The van der Waals surface area contributed by atoms with Crippen molar-refractivity contribution in [2.75, 3.05) is 19.7 Å². The molecule has 4 heteroatoms. The van der Waals surface area contributed by atoms with Crippen LogP contribution >= 0.6 is 11.6 Å². The molecule has 3 nitrogen and oxygen atoms in total. The maximum Gasteiger partial charge on any atom is 0.126 e. The summed E-state index contributed by atoms with van der Waals surface area (Å²) in [7, 11) is 0. The van der Waals surface area contributed by atoms with E-state index in [0.717, 1.165) is 35.8 Å². The zero-order valence-electron chi connectivity index (χ0n) is 12.5. The van der Waals surface area contributed by atoms with Gasteiger partial charge in [-0.05, 0) is 57.5 Å². The minimum atomic E-state index is 0.0901. The molecule has 2 unspecified atom stereocenters. The second-order valence-electron chi connectivity index (χ2n) is 5.70. The standard InChI is InChI=1S/C16H24ClNO2/c1-11(2)19-10-16(13-6-7-18-9-13)20-15-5-4-14(17)8-12(15)3/h4-5,8,11,13,16,18H,6-7,9-10H2,1-3H3. The molecule has 1 aliphatic rings. The van der Waals surface area contributed by atoms with Crippen LogP contribution in [0, 0.1) is 12.8 Å². The highest BCUT2D eigenvalue weighted by Crippen LogP contribution is 2.26. The summed E-state index contributed by atoms with van der Waals surface area (Å²) in [5.74, 6) is 1.41. The first-order valence-electron chi connectivity index (χ1n) is 7.31. The molecule has 1 heterocycles. The first-order chi connectivity index (χ1) is 9.56. The Morgan fingerprint density at radius 3 is 2.80 bits per heavy atom. The number of hydrogen-bond acceptors (Lipinski definition) is 3. The Bertz CT molecular complexity index is 430. The number of halogens is 1. The SMILES string of the molecule is Cc1cc(Cl)ccc1OC(COC(C)C)C1CCNC1. The van der Waals surface area contributed by atoms with Crippen LogP contribution in [0.5, 0.6) is 5.75 Å². The van der Waals surface area contributed by atoms with Crippen molar-refractivity contribution < 1.29 is 9.47 Å². The van der Waals surface area contributed by atoms with E-state index in [0.29, 0.717) is 12.5 Å². The normalized spacial score (nSPS) is 20.4. The first kappa shape index (κ1) is 15.6. The van der Waals surface area contributed by atoms with Crippen LogP contribution in [-0.2, 0) is 4.74 Å². The predicted molar refractivity (Wildman–Crippen MR) is 82.7 cm³/mol. The van der Waals surface area contributed by atoms with Gasteiger partial charge in [-0.25, -0.2) is 0 Å². The lowest BCUT2D eigenvalue weighted by molar-refractivity contribution is -0.00390. The fourth-order valence-corrected chi connectivity index (χ4v) is 2.68. The van der Waals surface area contributed by atoms with Gasteiger partial charge in [0.25, 0.3) is 0 Å². The van der Waals surface area contributed by atoms with E-state index in [4.69, 9.17) is 21.1 Å². The van der Waals surface area contributed by atoms with Gasteiger partial charge in [0.05, 0.1) is 12.7 Å². The molecule has 2 atom stereocenters. The molecule has 1 aliphatic heterocycles. The molecular weight excluding hydrogens is 274 g/mol. The molecule has 1 aromatic rings. The minimum absolute atomic E-state index is 0.0901. The largest absolute Gasteiger partial charge is 0.487 e. The fourth-order valence-electron chi connectivity index (χ4n) is 2.46. The first-order valence-corrected chi connectivity index (χ1v) is 7.69. The fraction of sp³-hybridized carbons (Fsp3) is 0.625. The smallest absolute Gasteiger partial charge is 0.126 e. The lowest BCUT2D eigenvalue weighted by Crippen LogP contribution is -2.34. The molecular formula is C16H24ClNO2. The summed E-state index contributed by atoms with van der Waals surface area (Å²) in [5.41, 5.74) is 1.07. The van der Waals surface area contributed by atoms with Gasteiger partial charge in [0.1, 0.15) is 11.9 Å². The van der Waals surface area contributed by atoms with Gasteiger partial charge in [-0.3, -0.25) is 0 Å². The van der Waals surface area contributed by atoms with Crippen molar-refractivity contribution in [3.8, 4) is 5.75 Å². The molecule has 1 saturated heterocycles. The maximum absolute atomic E-state index is 6.21. The van der Waals surface area contributed by atoms with Crippen molar-refractivity contribution in [2.45, 2.75) is 39.4 Å². The number of rotatable bonds is 6. The van der Waals surface area contributed by atoms with E-state index in [-0.39, 0.29) is 12.2 Å². The third-order valence-electron chi connectivity index (χ3n) is 3.63. The van der Waals surface area contributed by atoms with E-state index in [1.54, 1.807) is 0 Å². The highest BCUT2D eigenvalue weighted by Gasteiger charge is 2.27. The lowest BCUT2D eigenvalue weighted by Gasteiger charge is -2.26. The minimum Gasteiger partial charge on any atom is -0.487 e. The number of nitrogens with one attached hydrogen (secondary N) is 1. The molecule has 0 aliphatic carbocycles. The number of hydrogen-bond donors (Lipinski definition) is 1. The van der Waals surface area contributed by atoms with Gasteiger partial charge in [0, 0.05) is 17.5 Å². The number of aryl methyl sites for hydroxylation is 1. The maximum atomic E-state index is 6.21. The van der Waals surface area contributed by atoms with Gasteiger partial charge in [-0.15, -0.1) is 0 Å². The summed E-state index contributed by atoms with van der Waals surface area (Å²) in [4.78, 5) is 0. The molecule has 2 rings (SSSR count). The second-order valence-corrected chi connectivity index (χ2v) is 6.14. The molecule has 0 bridgehead atoms. The van der Waals surface area contributed by atoms with Crippen LogP contribution in [0.3, 0.4) is 0 Å². The van der Waals surface area contributed by atoms with Gasteiger partial charge < -0.3 is 14.8 Å². The van der Waals surface area contributed by atoms with Crippen molar-refractivity contribution in [3.05, 3.63) is 28.8 Å². The summed E-state index contributed by atoms with van der Waals surface area (Å²) in [6.07, 6.45) is 1.45. The number of benzene rings is 1. The van der Waals surface area contributed by atoms with Gasteiger partial charge >= 0.3 is 0 Å². The highest BCUT2D eigenvalue weighted by molar-refractivity contribution is 6.30. The summed E-state index contributed by atoms with van der Waals surface area (Å²) in [6, 6.07) is 5.75. The zero-order valence-corrected chi connectivity index (χ0v) is 13.2. The third kappa shape index (κ3) is 4.37. The molecule has 20 heavy (non-hydrogen) atoms. The van der Waals surface area contributed by atoms with Crippen molar-refractivity contribution in [1.82, 2.24) is 5.32 Å². The molecule has 0 saturated carbocycles. The van der Waals surface area contributed by atoms with Crippen molar-refractivity contribution >= 4 is 11.6 Å². The highest BCUT2D eigenvalue weighted by atomic mass is 35.5. The van der Waals surface area contributed by atoms with Crippen LogP contribution in [0.1, 0.15) is 25.8 Å². The summed E-state index contributed by atoms with van der Waals surface area (Å²) in [5, 5.41) is 4.14. The Labute approximate surface area is 126 Å². The van der Waals surface area contributed by atoms with Gasteiger partial charge in [0.15, 0.2) is 0 Å². The topological polar surface area (TPSA) is 30.5 Å². The van der Waals surface area contributed by atoms with Crippen LogP contribution in [0.2, 0.25) is 5.02 Å². The van der Waals surface area contributed by atoms with E-state index in [9.17, 15) is 0 Å². The van der Waals surface area contributed by atoms with E-state index in [1.807, 2.05) is 25.1 Å². The van der Waals surface area contributed by atoms with E-state index < -0.39 is 0 Å². The summed E-state index contributed by atoms with van der Waals surface area (Å²) >= 11 is 5.99. The molecule has 0 amide bonds. The molecule has 0 spiro atoms. The Hall–Kier alpha value is -0.770. The third-order valence-corrected chi connectivity index (χ3v) is 3.87. The van der Waals surface area contributed by atoms with Crippen LogP contribution < -0.4 is 10.1 Å². The second kappa shape index (κ2) is 7.30. The monoisotopic (exact) mass is 297 g/mol. The van der Waals surface area contributed by atoms with Gasteiger partial charge in [0.2, 0.25) is 0 Å².